The second kappa shape index (κ2) is 9.33. The SMILES string of the molecule is Cc1nc2c(C(N)=O)cnn2c(C)c1CCC(=O)NCc1ccnc(OC2CCCC2)c1. The molecule has 0 aromatic carbocycles. The number of nitrogens with two attached hydrogens (primary N) is 1. The lowest BCUT2D eigenvalue weighted by atomic mass is 10.1. The van der Waals surface area contributed by atoms with Crippen LogP contribution in [0.5, 0.6) is 5.88 Å². The highest BCUT2D eigenvalue weighted by Crippen LogP contribution is 2.23. The van der Waals surface area contributed by atoms with Gasteiger partial charge in [0.05, 0.1) is 6.20 Å². The first kappa shape index (κ1) is 21.7. The Morgan fingerprint density at radius 3 is 2.81 bits per heavy atom. The predicted molar refractivity (Wildman–Crippen MR) is 118 cm³/mol. The van der Waals surface area contributed by atoms with E-state index in [1.165, 1.54) is 19.0 Å². The van der Waals surface area contributed by atoms with E-state index in [4.69, 9.17) is 10.5 Å². The largest absolute Gasteiger partial charge is 0.474 e. The first-order chi connectivity index (χ1) is 15.4. The van der Waals surface area contributed by atoms with Gasteiger partial charge in [-0.05, 0) is 63.1 Å². The number of aryl methyl sites for hydroxylation is 2. The van der Waals surface area contributed by atoms with E-state index in [9.17, 15) is 9.59 Å². The van der Waals surface area contributed by atoms with Crippen LogP contribution in [0.2, 0.25) is 0 Å². The number of aromatic nitrogens is 4. The Morgan fingerprint density at radius 1 is 1.28 bits per heavy atom. The van der Waals surface area contributed by atoms with Crippen molar-refractivity contribution in [3.05, 3.63) is 52.6 Å². The van der Waals surface area contributed by atoms with Gasteiger partial charge in [-0.2, -0.15) is 5.10 Å². The highest BCUT2D eigenvalue weighted by atomic mass is 16.5. The van der Waals surface area contributed by atoms with Crippen LogP contribution in [0, 0.1) is 13.8 Å². The molecular weight excluding hydrogens is 408 g/mol. The van der Waals surface area contributed by atoms with Crippen molar-refractivity contribution in [1.82, 2.24) is 24.9 Å². The van der Waals surface area contributed by atoms with Gasteiger partial charge in [-0.1, -0.05) is 0 Å². The normalized spacial score (nSPS) is 14.1. The minimum atomic E-state index is -0.564. The van der Waals surface area contributed by atoms with E-state index in [-0.39, 0.29) is 17.6 Å². The molecule has 9 heteroatoms. The summed E-state index contributed by atoms with van der Waals surface area (Å²) in [4.78, 5) is 32.8. The third-order valence-electron chi connectivity index (χ3n) is 5.95. The Bertz CT molecular complexity index is 1150. The second-order valence-corrected chi connectivity index (χ2v) is 8.22. The molecule has 3 N–H and O–H groups in total. The van der Waals surface area contributed by atoms with Crippen molar-refractivity contribution < 1.29 is 14.3 Å². The van der Waals surface area contributed by atoms with Crippen molar-refractivity contribution >= 4 is 17.5 Å². The Morgan fingerprint density at radius 2 is 2.06 bits per heavy atom. The monoisotopic (exact) mass is 436 g/mol. The first-order valence-corrected chi connectivity index (χ1v) is 10.9. The van der Waals surface area contributed by atoms with Crippen molar-refractivity contribution in [2.24, 2.45) is 5.73 Å². The van der Waals surface area contributed by atoms with E-state index in [1.807, 2.05) is 26.0 Å². The molecule has 0 bridgehead atoms. The molecule has 0 unspecified atom stereocenters. The van der Waals surface area contributed by atoms with Crippen molar-refractivity contribution in [2.75, 3.05) is 0 Å². The fourth-order valence-electron chi connectivity index (χ4n) is 4.18. The fraction of sp³-hybridized carbons (Fsp3) is 0.435. The van der Waals surface area contributed by atoms with Gasteiger partial charge in [0, 0.05) is 36.6 Å². The Hall–Kier alpha value is -3.49. The van der Waals surface area contributed by atoms with Gasteiger partial charge in [-0.3, -0.25) is 9.59 Å². The lowest BCUT2D eigenvalue weighted by molar-refractivity contribution is -0.121. The van der Waals surface area contributed by atoms with Crippen molar-refractivity contribution in [1.29, 1.82) is 0 Å². The third-order valence-corrected chi connectivity index (χ3v) is 5.95. The Kier molecular flexibility index (Phi) is 6.34. The van der Waals surface area contributed by atoms with Gasteiger partial charge in [0.25, 0.3) is 5.91 Å². The van der Waals surface area contributed by atoms with Crippen LogP contribution in [-0.4, -0.2) is 37.5 Å². The lowest BCUT2D eigenvalue weighted by Crippen LogP contribution is -2.23. The van der Waals surface area contributed by atoms with Gasteiger partial charge >= 0.3 is 0 Å². The number of pyridine rings is 1. The standard InChI is InChI=1S/C23H28N6O3/c1-14-18(15(2)29-23(28-14)19(13-27-29)22(24)31)7-8-20(30)26-12-16-9-10-25-21(11-16)32-17-5-3-4-6-17/h9-11,13,17H,3-8,12H2,1-2H3,(H2,24,31)(H,26,30). The summed E-state index contributed by atoms with van der Waals surface area (Å²) < 4.78 is 7.54. The van der Waals surface area contributed by atoms with Gasteiger partial charge in [-0.15, -0.1) is 0 Å². The van der Waals surface area contributed by atoms with Gasteiger partial charge in [0.2, 0.25) is 11.8 Å². The minimum Gasteiger partial charge on any atom is -0.474 e. The van der Waals surface area contributed by atoms with Crippen LogP contribution in [0.25, 0.3) is 5.65 Å². The molecule has 0 aliphatic heterocycles. The summed E-state index contributed by atoms with van der Waals surface area (Å²) in [6, 6.07) is 3.76. The summed E-state index contributed by atoms with van der Waals surface area (Å²) in [6.45, 7) is 4.18. The van der Waals surface area contributed by atoms with Crippen LogP contribution in [0.15, 0.2) is 24.5 Å². The number of carbonyl (C=O) groups is 2. The summed E-state index contributed by atoms with van der Waals surface area (Å²) in [7, 11) is 0. The maximum Gasteiger partial charge on any atom is 0.254 e. The van der Waals surface area contributed by atoms with E-state index in [2.05, 4.69) is 20.4 Å². The smallest absolute Gasteiger partial charge is 0.254 e. The zero-order chi connectivity index (χ0) is 22.7. The van der Waals surface area contributed by atoms with E-state index in [0.717, 1.165) is 35.4 Å². The Balaban J connectivity index is 1.35. The maximum atomic E-state index is 12.5. The minimum absolute atomic E-state index is 0.0581. The number of primary amides is 1. The molecule has 1 aliphatic carbocycles. The Labute approximate surface area is 186 Å². The molecule has 3 heterocycles. The van der Waals surface area contributed by atoms with Gasteiger partial charge < -0.3 is 15.8 Å². The summed E-state index contributed by atoms with van der Waals surface area (Å²) in [6.07, 6.45) is 8.77. The zero-order valence-electron chi connectivity index (χ0n) is 18.4. The van der Waals surface area contributed by atoms with Crippen LogP contribution in [0.1, 0.15) is 65.0 Å². The molecule has 3 aromatic heterocycles. The first-order valence-electron chi connectivity index (χ1n) is 10.9. The summed E-state index contributed by atoms with van der Waals surface area (Å²) in [5.74, 6) is -0.00701. The van der Waals surface area contributed by atoms with E-state index >= 15 is 0 Å². The molecule has 1 aliphatic rings. The van der Waals surface area contributed by atoms with Crippen molar-refractivity contribution in [3.63, 3.8) is 0 Å². The number of hydrogen-bond donors (Lipinski definition) is 2. The highest BCUT2D eigenvalue weighted by molar-refractivity contribution is 5.98. The summed E-state index contributed by atoms with van der Waals surface area (Å²) in [5.41, 5.74) is 9.61. The van der Waals surface area contributed by atoms with E-state index < -0.39 is 5.91 Å². The molecule has 2 amide bonds. The molecule has 1 saturated carbocycles. The number of ether oxygens (including phenoxy) is 1. The summed E-state index contributed by atoms with van der Waals surface area (Å²) in [5, 5.41) is 7.18. The zero-order valence-corrected chi connectivity index (χ0v) is 18.4. The van der Waals surface area contributed by atoms with Gasteiger partial charge in [0.15, 0.2) is 5.65 Å². The lowest BCUT2D eigenvalue weighted by Gasteiger charge is -2.13. The van der Waals surface area contributed by atoms with E-state index in [0.29, 0.717) is 30.9 Å². The molecular formula is C23H28N6O3. The number of carbonyl (C=O) groups excluding carboxylic acids is 2. The number of nitrogens with zero attached hydrogens (tertiary/aromatic N) is 4. The molecule has 9 nitrogen and oxygen atoms in total. The third kappa shape index (κ3) is 4.71. The number of fused-ring (bicyclic) bond motifs is 1. The van der Waals surface area contributed by atoms with Crippen LogP contribution >= 0.6 is 0 Å². The molecule has 0 spiro atoms. The van der Waals surface area contributed by atoms with Crippen LogP contribution in [0.4, 0.5) is 0 Å². The van der Waals surface area contributed by atoms with Crippen molar-refractivity contribution in [3.8, 4) is 5.88 Å². The summed E-state index contributed by atoms with van der Waals surface area (Å²) >= 11 is 0. The number of amides is 2. The second-order valence-electron chi connectivity index (χ2n) is 8.22. The molecule has 4 rings (SSSR count). The van der Waals surface area contributed by atoms with Gasteiger partial charge in [0.1, 0.15) is 11.7 Å². The van der Waals surface area contributed by atoms with Crippen LogP contribution < -0.4 is 15.8 Å². The molecule has 168 valence electrons. The molecule has 0 radical (unpaired) electrons. The molecule has 0 saturated heterocycles. The molecule has 1 fully saturated rings. The molecule has 32 heavy (non-hydrogen) atoms. The predicted octanol–water partition coefficient (Wildman–Crippen LogP) is 2.41. The van der Waals surface area contributed by atoms with Crippen LogP contribution in [-0.2, 0) is 17.8 Å². The number of rotatable bonds is 8. The average Bonchev–Trinajstić information content (AvgIpc) is 3.42. The number of nitrogens with one attached hydrogen (secondary N) is 1. The van der Waals surface area contributed by atoms with Gasteiger partial charge in [-0.25, -0.2) is 14.5 Å². The highest BCUT2D eigenvalue weighted by Gasteiger charge is 2.18. The van der Waals surface area contributed by atoms with Crippen molar-refractivity contribution in [2.45, 2.75) is 65.0 Å². The van der Waals surface area contributed by atoms with Crippen LogP contribution in [0.3, 0.4) is 0 Å². The topological polar surface area (TPSA) is 124 Å². The molecule has 0 atom stereocenters. The molecule has 3 aromatic rings. The number of hydrogen-bond acceptors (Lipinski definition) is 6. The fourth-order valence-corrected chi connectivity index (χ4v) is 4.18. The maximum absolute atomic E-state index is 12.5. The quantitative estimate of drug-likeness (QED) is 0.559. The van der Waals surface area contributed by atoms with E-state index in [1.54, 1.807) is 10.7 Å². The average molecular weight is 437 g/mol.